The molecule has 0 radical (unpaired) electrons. The third-order valence-electron chi connectivity index (χ3n) is 4.18. The highest BCUT2D eigenvalue weighted by Gasteiger charge is 2.26. The molecule has 1 fully saturated rings. The SMILES string of the molecule is CSC[C@@H](C)C(=O)N1CCN([C@@H](C)c2cccnc2)CC1. The Morgan fingerprint density at radius 3 is 2.62 bits per heavy atom. The van der Waals surface area contributed by atoms with Crippen LogP contribution in [0, 0.1) is 5.92 Å². The van der Waals surface area contributed by atoms with Crippen LogP contribution in [0.15, 0.2) is 24.5 Å². The van der Waals surface area contributed by atoms with Gasteiger partial charge in [-0.2, -0.15) is 11.8 Å². The number of hydrogen-bond donors (Lipinski definition) is 0. The first-order valence-corrected chi connectivity index (χ1v) is 8.94. The van der Waals surface area contributed by atoms with Gasteiger partial charge in [0.15, 0.2) is 0 Å². The third kappa shape index (κ3) is 4.20. The van der Waals surface area contributed by atoms with Gasteiger partial charge in [0.05, 0.1) is 0 Å². The van der Waals surface area contributed by atoms with Gasteiger partial charge >= 0.3 is 0 Å². The smallest absolute Gasteiger partial charge is 0.226 e. The van der Waals surface area contributed by atoms with E-state index < -0.39 is 0 Å². The second-order valence-corrected chi connectivity index (χ2v) is 6.59. The Hall–Kier alpha value is -1.07. The summed E-state index contributed by atoms with van der Waals surface area (Å²) in [6.45, 7) is 7.79. The molecule has 1 amide bonds. The van der Waals surface area contributed by atoms with Crippen LogP contribution in [0.5, 0.6) is 0 Å². The van der Waals surface area contributed by atoms with E-state index in [1.807, 2.05) is 24.1 Å². The van der Waals surface area contributed by atoms with Crippen LogP contribution in [0.1, 0.15) is 25.5 Å². The molecular formula is C16H25N3OS. The van der Waals surface area contributed by atoms with Gasteiger partial charge in [-0.25, -0.2) is 0 Å². The second kappa shape index (κ2) is 7.80. The van der Waals surface area contributed by atoms with Crippen LogP contribution in [0.2, 0.25) is 0 Å². The van der Waals surface area contributed by atoms with E-state index in [4.69, 9.17) is 0 Å². The van der Waals surface area contributed by atoms with Crippen molar-refractivity contribution in [2.75, 3.05) is 38.2 Å². The van der Waals surface area contributed by atoms with Crippen LogP contribution in [0.3, 0.4) is 0 Å². The van der Waals surface area contributed by atoms with E-state index in [9.17, 15) is 4.79 Å². The number of pyridine rings is 1. The van der Waals surface area contributed by atoms with Crippen molar-refractivity contribution in [3.8, 4) is 0 Å². The first kappa shape index (κ1) is 16.3. The van der Waals surface area contributed by atoms with Gasteiger partial charge in [0.25, 0.3) is 0 Å². The summed E-state index contributed by atoms with van der Waals surface area (Å²) in [4.78, 5) is 21.0. The molecule has 0 unspecified atom stereocenters. The Labute approximate surface area is 131 Å². The maximum absolute atomic E-state index is 12.3. The van der Waals surface area contributed by atoms with E-state index in [2.05, 4.69) is 29.1 Å². The highest BCUT2D eigenvalue weighted by Crippen LogP contribution is 2.21. The number of carbonyl (C=O) groups excluding carboxylic acids is 1. The van der Waals surface area contributed by atoms with Crippen molar-refractivity contribution in [2.24, 2.45) is 5.92 Å². The molecule has 0 saturated carbocycles. The van der Waals surface area contributed by atoms with E-state index in [1.54, 1.807) is 18.0 Å². The summed E-state index contributed by atoms with van der Waals surface area (Å²) in [5.74, 6) is 1.34. The van der Waals surface area contributed by atoms with Gasteiger partial charge in [-0.15, -0.1) is 0 Å². The summed E-state index contributed by atoms with van der Waals surface area (Å²) in [6, 6.07) is 4.46. The zero-order chi connectivity index (χ0) is 15.2. The average Bonchev–Trinajstić information content (AvgIpc) is 2.54. The first-order valence-electron chi connectivity index (χ1n) is 7.55. The Morgan fingerprint density at radius 1 is 1.33 bits per heavy atom. The zero-order valence-electron chi connectivity index (χ0n) is 13.2. The van der Waals surface area contributed by atoms with Crippen molar-refractivity contribution in [3.63, 3.8) is 0 Å². The largest absolute Gasteiger partial charge is 0.340 e. The molecule has 0 spiro atoms. The molecule has 1 aromatic heterocycles. The summed E-state index contributed by atoms with van der Waals surface area (Å²) in [5, 5.41) is 0. The maximum Gasteiger partial charge on any atom is 0.226 e. The minimum Gasteiger partial charge on any atom is -0.340 e. The molecule has 116 valence electrons. The first-order chi connectivity index (χ1) is 10.1. The highest BCUT2D eigenvalue weighted by atomic mass is 32.2. The van der Waals surface area contributed by atoms with Gasteiger partial charge in [-0.1, -0.05) is 13.0 Å². The fourth-order valence-corrected chi connectivity index (χ4v) is 3.44. The molecule has 0 aliphatic carbocycles. The molecule has 0 bridgehead atoms. The van der Waals surface area contributed by atoms with E-state index in [0.717, 1.165) is 31.9 Å². The lowest BCUT2D eigenvalue weighted by atomic mass is 10.1. The molecule has 21 heavy (non-hydrogen) atoms. The van der Waals surface area contributed by atoms with Crippen molar-refractivity contribution >= 4 is 17.7 Å². The lowest BCUT2D eigenvalue weighted by molar-refractivity contribution is -0.136. The normalized spacial score (nSPS) is 19.3. The summed E-state index contributed by atoms with van der Waals surface area (Å²) in [7, 11) is 0. The molecule has 2 heterocycles. The number of rotatable bonds is 5. The van der Waals surface area contributed by atoms with Crippen molar-refractivity contribution in [2.45, 2.75) is 19.9 Å². The summed E-state index contributed by atoms with van der Waals surface area (Å²) >= 11 is 1.74. The quantitative estimate of drug-likeness (QED) is 0.836. The number of hydrogen-bond acceptors (Lipinski definition) is 4. The Kier molecular flexibility index (Phi) is 6.06. The van der Waals surface area contributed by atoms with Crippen LogP contribution in [-0.2, 0) is 4.79 Å². The third-order valence-corrected chi connectivity index (χ3v) is 5.01. The predicted octanol–water partition coefficient (Wildman–Crippen LogP) is 2.29. The molecule has 0 N–H and O–H groups in total. The van der Waals surface area contributed by atoms with Crippen molar-refractivity contribution in [1.82, 2.24) is 14.8 Å². The van der Waals surface area contributed by atoms with Crippen LogP contribution < -0.4 is 0 Å². The summed E-state index contributed by atoms with van der Waals surface area (Å²) < 4.78 is 0. The van der Waals surface area contributed by atoms with Crippen molar-refractivity contribution in [1.29, 1.82) is 0 Å². The van der Waals surface area contributed by atoms with Gasteiger partial charge in [0, 0.05) is 56.3 Å². The fraction of sp³-hybridized carbons (Fsp3) is 0.625. The molecule has 4 nitrogen and oxygen atoms in total. The molecule has 1 saturated heterocycles. The molecule has 1 aliphatic heterocycles. The summed E-state index contributed by atoms with van der Waals surface area (Å²) in [5.41, 5.74) is 1.24. The molecule has 0 aromatic carbocycles. The number of piperazine rings is 1. The zero-order valence-corrected chi connectivity index (χ0v) is 14.0. The Bertz CT molecular complexity index is 446. The molecular weight excluding hydrogens is 282 g/mol. The number of aromatic nitrogens is 1. The number of nitrogens with zero attached hydrogens (tertiary/aromatic N) is 3. The second-order valence-electron chi connectivity index (χ2n) is 5.68. The van der Waals surface area contributed by atoms with E-state index >= 15 is 0 Å². The minimum absolute atomic E-state index is 0.127. The van der Waals surface area contributed by atoms with Gasteiger partial charge < -0.3 is 4.90 Å². The van der Waals surface area contributed by atoms with E-state index in [-0.39, 0.29) is 5.92 Å². The molecule has 1 aliphatic rings. The van der Waals surface area contributed by atoms with Crippen LogP contribution in [0.4, 0.5) is 0 Å². The van der Waals surface area contributed by atoms with Gasteiger partial charge in [0.2, 0.25) is 5.91 Å². The average molecular weight is 307 g/mol. The molecule has 1 aromatic rings. The lowest BCUT2D eigenvalue weighted by Gasteiger charge is -2.39. The Morgan fingerprint density at radius 2 is 2.05 bits per heavy atom. The Balaban J connectivity index is 1.87. The van der Waals surface area contributed by atoms with Gasteiger partial charge in [-0.3, -0.25) is 14.7 Å². The number of amides is 1. The summed E-state index contributed by atoms with van der Waals surface area (Å²) in [6.07, 6.45) is 5.79. The predicted molar refractivity (Wildman–Crippen MR) is 88.4 cm³/mol. The molecule has 5 heteroatoms. The van der Waals surface area contributed by atoms with E-state index in [1.165, 1.54) is 5.56 Å². The van der Waals surface area contributed by atoms with Gasteiger partial charge in [-0.05, 0) is 24.8 Å². The van der Waals surface area contributed by atoms with Crippen LogP contribution >= 0.6 is 11.8 Å². The lowest BCUT2D eigenvalue weighted by Crippen LogP contribution is -2.50. The van der Waals surface area contributed by atoms with Gasteiger partial charge in [0.1, 0.15) is 0 Å². The maximum atomic E-state index is 12.3. The monoisotopic (exact) mass is 307 g/mol. The van der Waals surface area contributed by atoms with Crippen molar-refractivity contribution in [3.05, 3.63) is 30.1 Å². The van der Waals surface area contributed by atoms with E-state index in [0.29, 0.717) is 11.9 Å². The van der Waals surface area contributed by atoms with Crippen molar-refractivity contribution < 1.29 is 4.79 Å². The van der Waals surface area contributed by atoms with Crippen LogP contribution in [-0.4, -0.2) is 58.9 Å². The standard InChI is InChI=1S/C16H25N3OS/c1-13(12-21-3)16(20)19-9-7-18(8-10-19)14(2)15-5-4-6-17-11-15/h4-6,11,13-14H,7-10,12H2,1-3H3/t13-,14+/m1/s1. The highest BCUT2D eigenvalue weighted by molar-refractivity contribution is 7.98. The van der Waals surface area contributed by atoms with Crippen LogP contribution in [0.25, 0.3) is 0 Å². The number of carbonyl (C=O) groups is 1. The molecule has 2 atom stereocenters. The minimum atomic E-state index is 0.127. The topological polar surface area (TPSA) is 36.4 Å². The molecule has 2 rings (SSSR count). The number of thioether (sulfide) groups is 1. The fourth-order valence-electron chi connectivity index (χ4n) is 2.80.